The molecule has 0 saturated carbocycles. The largest absolute Gasteiger partial charge is 0.480 e. The molecule has 108 valence electrons. The number of carbonyl (C=O) groups is 1. The van der Waals surface area contributed by atoms with Crippen molar-refractivity contribution in [2.24, 2.45) is 0 Å². The predicted octanol–water partition coefficient (Wildman–Crippen LogP) is 3.15. The minimum atomic E-state index is -1.07. The first kappa shape index (κ1) is 14.5. The summed E-state index contributed by atoms with van der Waals surface area (Å²) in [4.78, 5) is 21.5. The van der Waals surface area contributed by atoms with Crippen molar-refractivity contribution < 1.29 is 14.8 Å². The second kappa shape index (κ2) is 6.04. The maximum absolute atomic E-state index is 11.2. The van der Waals surface area contributed by atoms with Crippen LogP contribution in [-0.2, 0) is 4.79 Å². The van der Waals surface area contributed by atoms with E-state index in [0.717, 1.165) is 5.56 Å². The summed E-state index contributed by atoms with van der Waals surface area (Å²) >= 11 is 0. The molecule has 6 heteroatoms. The van der Waals surface area contributed by atoms with Crippen LogP contribution in [0.5, 0.6) is 0 Å². The fraction of sp³-hybridized carbons (Fsp3) is 0.133. The van der Waals surface area contributed by atoms with Crippen molar-refractivity contribution in [2.45, 2.75) is 13.0 Å². The van der Waals surface area contributed by atoms with Crippen LogP contribution in [0.15, 0.2) is 48.5 Å². The third kappa shape index (κ3) is 3.36. The van der Waals surface area contributed by atoms with Gasteiger partial charge in [0, 0.05) is 6.07 Å². The highest BCUT2D eigenvalue weighted by Gasteiger charge is 2.19. The molecular weight excluding hydrogens is 272 g/mol. The van der Waals surface area contributed by atoms with Crippen molar-refractivity contribution in [3.63, 3.8) is 0 Å². The van der Waals surface area contributed by atoms with Gasteiger partial charge < -0.3 is 10.4 Å². The van der Waals surface area contributed by atoms with Crippen molar-refractivity contribution in [2.75, 3.05) is 5.32 Å². The van der Waals surface area contributed by atoms with E-state index in [1.165, 1.54) is 19.1 Å². The van der Waals surface area contributed by atoms with Gasteiger partial charge in [0.1, 0.15) is 11.7 Å². The lowest BCUT2D eigenvalue weighted by Gasteiger charge is -2.12. The molecule has 2 aromatic rings. The van der Waals surface area contributed by atoms with Crippen LogP contribution in [0.1, 0.15) is 6.92 Å². The van der Waals surface area contributed by atoms with E-state index in [0.29, 0.717) is 5.56 Å². The number of benzene rings is 2. The van der Waals surface area contributed by atoms with Gasteiger partial charge in [0.2, 0.25) is 0 Å². The minimum Gasteiger partial charge on any atom is -0.480 e. The zero-order valence-electron chi connectivity index (χ0n) is 11.3. The fourth-order valence-corrected chi connectivity index (χ4v) is 1.91. The normalized spacial score (nSPS) is 11.7. The van der Waals surface area contributed by atoms with Gasteiger partial charge in [-0.1, -0.05) is 36.4 Å². The average molecular weight is 286 g/mol. The molecule has 6 nitrogen and oxygen atoms in total. The van der Waals surface area contributed by atoms with Crippen LogP contribution in [0.2, 0.25) is 0 Å². The number of hydrogen-bond donors (Lipinski definition) is 2. The summed E-state index contributed by atoms with van der Waals surface area (Å²) in [5.74, 6) is -1.07. The molecule has 1 atom stereocenters. The Balaban J connectivity index is 2.40. The summed E-state index contributed by atoms with van der Waals surface area (Å²) < 4.78 is 0. The molecule has 0 radical (unpaired) electrons. The number of nitrogens with one attached hydrogen (secondary N) is 1. The van der Waals surface area contributed by atoms with Crippen molar-refractivity contribution in [1.82, 2.24) is 0 Å². The van der Waals surface area contributed by atoms with Gasteiger partial charge in [0.15, 0.2) is 0 Å². The maximum atomic E-state index is 11.2. The molecule has 1 unspecified atom stereocenters. The average Bonchev–Trinajstić information content (AvgIpc) is 2.48. The quantitative estimate of drug-likeness (QED) is 0.650. The number of nitrogens with zero attached hydrogens (tertiary/aromatic N) is 1. The van der Waals surface area contributed by atoms with Crippen LogP contribution in [-0.4, -0.2) is 22.0 Å². The second-order valence-corrected chi connectivity index (χ2v) is 4.56. The van der Waals surface area contributed by atoms with Crippen LogP contribution >= 0.6 is 0 Å². The molecule has 0 aliphatic carbocycles. The Morgan fingerprint density at radius 1 is 1.19 bits per heavy atom. The van der Waals surface area contributed by atoms with Crippen LogP contribution in [0.25, 0.3) is 11.1 Å². The molecule has 21 heavy (non-hydrogen) atoms. The van der Waals surface area contributed by atoms with Gasteiger partial charge in [0.25, 0.3) is 5.69 Å². The highest BCUT2D eigenvalue weighted by Crippen LogP contribution is 2.31. The standard InChI is InChI=1S/C15H14N2O4/c1-10(15(18)19)16-13-8-7-12(9-14(13)17(20)21)11-5-3-2-4-6-11/h2-10,16H,1H3,(H,18,19). The van der Waals surface area contributed by atoms with Crippen LogP contribution in [0.3, 0.4) is 0 Å². The Kier molecular flexibility index (Phi) is 4.18. The smallest absolute Gasteiger partial charge is 0.325 e. The molecule has 2 rings (SSSR count). The number of carboxylic acids is 1. The van der Waals surface area contributed by atoms with Gasteiger partial charge >= 0.3 is 5.97 Å². The Morgan fingerprint density at radius 2 is 1.86 bits per heavy atom. The van der Waals surface area contributed by atoms with Crippen molar-refractivity contribution in [1.29, 1.82) is 0 Å². The molecular formula is C15H14N2O4. The van der Waals surface area contributed by atoms with Gasteiger partial charge in [-0.2, -0.15) is 0 Å². The van der Waals surface area contributed by atoms with Crippen molar-refractivity contribution >= 4 is 17.3 Å². The van der Waals surface area contributed by atoms with Crippen LogP contribution < -0.4 is 5.32 Å². The van der Waals surface area contributed by atoms with E-state index in [-0.39, 0.29) is 11.4 Å². The first-order valence-electron chi connectivity index (χ1n) is 6.32. The second-order valence-electron chi connectivity index (χ2n) is 4.56. The number of carboxylic acid groups (broad SMARTS) is 1. The zero-order chi connectivity index (χ0) is 15.4. The highest BCUT2D eigenvalue weighted by atomic mass is 16.6. The van der Waals surface area contributed by atoms with Gasteiger partial charge in [-0.25, -0.2) is 0 Å². The number of hydrogen-bond acceptors (Lipinski definition) is 4. The summed E-state index contributed by atoms with van der Waals surface area (Å²) in [7, 11) is 0. The Bertz CT molecular complexity index is 671. The number of nitro benzene ring substituents is 1. The summed E-state index contributed by atoms with van der Waals surface area (Å²) in [6.45, 7) is 1.43. The molecule has 0 heterocycles. The van der Waals surface area contributed by atoms with Gasteiger partial charge in [-0.3, -0.25) is 14.9 Å². The monoisotopic (exact) mass is 286 g/mol. The Labute approximate surface area is 121 Å². The van der Waals surface area contributed by atoms with E-state index >= 15 is 0 Å². The van der Waals surface area contributed by atoms with E-state index in [2.05, 4.69) is 5.32 Å². The number of nitro groups is 1. The topological polar surface area (TPSA) is 92.5 Å². The predicted molar refractivity (Wildman–Crippen MR) is 79.3 cm³/mol. The van der Waals surface area contributed by atoms with Crippen molar-refractivity contribution in [3.05, 3.63) is 58.6 Å². The molecule has 2 N–H and O–H groups in total. The van der Waals surface area contributed by atoms with Crippen LogP contribution in [0, 0.1) is 10.1 Å². The Morgan fingerprint density at radius 3 is 2.43 bits per heavy atom. The summed E-state index contributed by atoms with van der Waals surface area (Å²) in [6, 6.07) is 13.0. The van der Waals surface area contributed by atoms with E-state index in [1.807, 2.05) is 30.3 Å². The van der Waals surface area contributed by atoms with E-state index < -0.39 is 16.9 Å². The van der Waals surface area contributed by atoms with Crippen LogP contribution in [0.4, 0.5) is 11.4 Å². The zero-order valence-corrected chi connectivity index (χ0v) is 11.3. The van der Waals surface area contributed by atoms with Gasteiger partial charge in [0.05, 0.1) is 4.92 Å². The number of rotatable bonds is 5. The Hall–Kier alpha value is -2.89. The lowest BCUT2D eigenvalue weighted by molar-refractivity contribution is -0.383. The molecule has 0 spiro atoms. The molecule has 2 aromatic carbocycles. The van der Waals surface area contributed by atoms with Crippen molar-refractivity contribution in [3.8, 4) is 11.1 Å². The lowest BCUT2D eigenvalue weighted by Crippen LogP contribution is -2.25. The third-order valence-electron chi connectivity index (χ3n) is 3.04. The first-order valence-corrected chi connectivity index (χ1v) is 6.32. The number of anilines is 1. The van der Waals surface area contributed by atoms with Gasteiger partial charge in [-0.05, 0) is 24.1 Å². The molecule has 0 aliphatic rings. The fourth-order valence-electron chi connectivity index (χ4n) is 1.91. The third-order valence-corrected chi connectivity index (χ3v) is 3.04. The van der Waals surface area contributed by atoms with E-state index in [9.17, 15) is 14.9 Å². The summed E-state index contributed by atoms with van der Waals surface area (Å²) in [5.41, 5.74) is 1.60. The van der Waals surface area contributed by atoms with Gasteiger partial charge in [-0.15, -0.1) is 0 Å². The van der Waals surface area contributed by atoms with E-state index in [4.69, 9.17) is 5.11 Å². The summed E-state index contributed by atoms with van der Waals surface area (Å²) in [6.07, 6.45) is 0. The first-order chi connectivity index (χ1) is 9.99. The summed E-state index contributed by atoms with van der Waals surface area (Å²) in [5, 5.41) is 22.7. The molecule has 0 amide bonds. The molecule has 0 saturated heterocycles. The lowest BCUT2D eigenvalue weighted by atomic mass is 10.0. The number of aliphatic carboxylic acids is 1. The molecule has 0 aromatic heterocycles. The molecule has 0 aliphatic heterocycles. The SMILES string of the molecule is CC(Nc1ccc(-c2ccccc2)cc1[N+](=O)[O-])C(=O)O. The minimum absolute atomic E-state index is 0.149. The molecule has 0 bridgehead atoms. The van der Waals surface area contributed by atoms with E-state index in [1.54, 1.807) is 6.07 Å². The molecule has 0 fully saturated rings. The highest BCUT2D eigenvalue weighted by molar-refractivity contribution is 5.80. The maximum Gasteiger partial charge on any atom is 0.325 e.